The minimum Gasteiger partial charge on any atom is -0.345 e. The van der Waals surface area contributed by atoms with E-state index < -0.39 is 78.0 Å². The number of hydrogen-bond donors (Lipinski definition) is 2. The average Bonchev–Trinajstić information content (AvgIpc) is 2.85. The topological polar surface area (TPSA) is 58.2 Å². The Kier molecular flexibility index (Phi) is 10.8. The van der Waals surface area contributed by atoms with E-state index in [2.05, 4.69) is 0 Å². The molecule has 4 nitrogen and oxygen atoms in total. The zero-order chi connectivity index (χ0) is 30.6. The van der Waals surface area contributed by atoms with E-state index >= 15 is 4.39 Å². The van der Waals surface area contributed by atoms with Gasteiger partial charge < -0.3 is 10.6 Å². The summed E-state index contributed by atoms with van der Waals surface area (Å²) in [4.78, 5) is 23.7. The molecular weight excluding hydrogens is 626 g/mol. The Morgan fingerprint density at radius 2 is 1.50 bits per heavy atom. The highest BCUT2D eigenvalue weighted by Crippen LogP contribution is 2.43. The molecule has 2 rings (SSSR count). The second-order valence-corrected chi connectivity index (χ2v) is 9.43. The SMILES string of the molecule is CCC(F)(F)C(C=C(F)c1ccc(C(=O)NCC(=O)NCC(F)(F)F)c(C(F)(F)F)c1)c1cc(Cl)c(Cl)c(Cl)c1. The van der Waals surface area contributed by atoms with Gasteiger partial charge >= 0.3 is 12.4 Å². The summed E-state index contributed by atoms with van der Waals surface area (Å²) < 4.78 is 122. The molecular formula is C24H18Cl3F9N2O2. The molecule has 0 aromatic heterocycles. The van der Waals surface area contributed by atoms with Crippen LogP contribution in [-0.2, 0) is 11.0 Å². The fourth-order valence-electron chi connectivity index (χ4n) is 3.32. The maximum Gasteiger partial charge on any atom is 0.417 e. The van der Waals surface area contributed by atoms with Crippen molar-refractivity contribution in [3.8, 4) is 0 Å². The number of halogens is 12. The quantitative estimate of drug-likeness (QED) is 0.214. The van der Waals surface area contributed by atoms with E-state index in [-0.39, 0.29) is 26.7 Å². The van der Waals surface area contributed by atoms with Gasteiger partial charge in [-0.1, -0.05) is 47.8 Å². The number of amides is 2. The first-order valence-electron chi connectivity index (χ1n) is 11.0. The van der Waals surface area contributed by atoms with Crippen molar-refractivity contribution in [2.45, 2.75) is 37.5 Å². The Labute approximate surface area is 236 Å². The van der Waals surface area contributed by atoms with Crippen LogP contribution in [0, 0.1) is 0 Å². The van der Waals surface area contributed by atoms with Crippen LogP contribution >= 0.6 is 34.8 Å². The molecule has 16 heteroatoms. The van der Waals surface area contributed by atoms with E-state index in [4.69, 9.17) is 34.8 Å². The van der Waals surface area contributed by atoms with Crippen LogP contribution in [0.25, 0.3) is 5.83 Å². The summed E-state index contributed by atoms with van der Waals surface area (Å²) in [7, 11) is 0. The van der Waals surface area contributed by atoms with Gasteiger partial charge in [0.2, 0.25) is 5.91 Å². The molecule has 0 spiro atoms. The summed E-state index contributed by atoms with van der Waals surface area (Å²) in [5, 5.41) is 2.54. The molecule has 0 saturated heterocycles. The number of hydrogen-bond acceptors (Lipinski definition) is 2. The normalized spacial score (nSPS) is 13.7. The lowest BCUT2D eigenvalue weighted by Gasteiger charge is -2.24. The van der Waals surface area contributed by atoms with Crippen LogP contribution < -0.4 is 10.6 Å². The van der Waals surface area contributed by atoms with Crippen LogP contribution in [0.3, 0.4) is 0 Å². The largest absolute Gasteiger partial charge is 0.417 e. The summed E-state index contributed by atoms with van der Waals surface area (Å²) in [6.45, 7) is -1.74. The van der Waals surface area contributed by atoms with Gasteiger partial charge in [-0.05, 0) is 35.9 Å². The lowest BCUT2D eigenvalue weighted by atomic mass is 9.89. The molecule has 0 radical (unpaired) electrons. The average molecular weight is 644 g/mol. The van der Waals surface area contributed by atoms with Gasteiger partial charge in [0, 0.05) is 12.0 Å². The fourth-order valence-corrected chi connectivity index (χ4v) is 3.93. The summed E-state index contributed by atoms with van der Waals surface area (Å²) >= 11 is 17.6. The summed E-state index contributed by atoms with van der Waals surface area (Å²) in [5.41, 5.74) is -3.90. The van der Waals surface area contributed by atoms with Crippen LogP contribution in [0.15, 0.2) is 36.4 Å². The van der Waals surface area contributed by atoms with Crippen LogP contribution in [0.4, 0.5) is 39.5 Å². The van der Waals surface area contributed by atoms with Gasteiger partial charge in [0.15, 0.2) is 0 Å². The van der Waals surface area contributed by atoms with E-state index in [1.807, 2.05) is 0 Å². The minimum atomic E-state index is -5.26. The minimum absolute atomic E-state index is 0.156. The second-order valence-electron chi connectivity index (χ2n) is 8.24. The monoisotopic (exact) mass is 642 g/mol. The highest BCUT2D eigenvalue weighted by molar-refractivity contribution is 6.48. The van der Waals surface area contributed by atoms with Gasteiger partial charge in [-0.15, -0.1) is 0 Å². The Bertz CT molecular complexity index is 1270. The van der Waals surface area contributed by atoms with Crippen LogP contribution in [0.2, 0.25) is 15.1 Å². The zero-order valence-corrected chi connectivity index (χ0v) is 22.3. The molecule has 40 heavy (non-hydrogen) atoms. The molecule has 0 aliphatic rings. The molecule has 0 heterocycles. The molecule has 1 atom stereocenters. The molecule has 0 bridgehead atoms. The van der Waals surface area contributed by atoms with E-state index in [0.29, 0.717) is 18.2 Å². The highest BCUT2D eigenvalue weighted by atomic mass is 35.5. The van der Waals surface area contributed by atoms with Gasteiger partial charge in [0.25, 0.3) is 11.8 Å². The molecule has 220 valence electrons. The number of benzene rings is 2. The zero-order valence-electron chi connectivity index (χ0n) is 20.0. The Morgan fingerprint density at radius 1 is 0.925 bits per heavy atom. The highest BCUT2D eigenvalue weighted by Gasteiger charge is 2.39. The van der Waals surface area contributed by atoms with Crippen molar-refractivity contribution in [2.75, 3.05) is 13.1 Å². The third kappa shape index (κ3) is 8.93. The molecule has 2 aromatic rings. The van der Waals surface area contributed by atoms with Crippen molar-refractivity contribution >= 4 is 52.4 Å². The van der Waals surface area contributed by atoms with Crippen LogP contribution in [0.1, 0.15) is 46.3 Å². The molecule has 0 aliphatic heterocycles. The number of carbonyl (C=O) groups excluding carboxylic acids is 2. The molecule has 0 aliphatic carbocycles. The molecule has 2 aromatic carbocycles. The fraction of sp³-hybridized carbons (Fsp3) is 0.333. The summed E-state index contributed by atoms with van der Waals surface area (Å²) in [5.74, 6) is -10.0. The third-order valence-corrected chi connectivity index (χ3v) is 6.54. The molecule has 2 N–H and O–H groups in total. The Hall–Kier alpha value is -2.64. The summed E-state index contributed by atoms with van der Waals surface area (Å²) in [6.07, 6.45) is -10.4. The smallest absolute Gasteiger partial charge is 0.345 e. The molecule has 1 unspecified atom stereocenters. The van der Waals surface area contributed by atoms with Crippen LogP contribution in [-0.4, -0.2) is 37.0 Å². The van der Waals surface area contributed by atoms with E-state index in [1.54, 1.807) is 5.32 Å². The Balaban J connectivity index is 2.45. The lowest BCUT2D eigenvalue weighted by Crippen LogP contribution is -2.41. The molecule has 0 fully saturated rings. The standard InChI is InChI=1S/C24H18Cl3F9N2O2/c1-2-22(29,30)14(12-6-16(25)20(27)17(26)7-12)8-18(28)11-3-4-13(15(5-11)24(34,35)36)21(40)37-9-19(39)38-10-23(31,32)33/h3-8,14H,2,9-10H2,1H3,(H,37,40)(H,38,39). The van der Waals surface area contributed by atoms with Crippen molar-refractivity contribution in [1.29, 1.82) is 0 Å². The van der Waals surface area contributed by atoms with Crippen molar-refractivity contribution in [3.63, 3.8) is 0 Å². The van der Waals surface area contributed by atoms with Gasteiger partial charge in [0.05, 0.1) is 38.7 Å². The Morgan fingerprint density at radius 3 is 2.00 bits per heavy atom. The predicted octanol–water partition coefficient (Wildman–Crippen LogP) is 8.21. The number of rotatable bonds is 9. The number of alkyl halides is 8. The first-order chi connectivity index (χ1) is 18.3. The molecule has 0 saturated carbocycles. The lowest BCUT2D eigenvalue weighted by molar-refractivity contribution is -0.138. The second kappa shape index (κ2) is 12.9. The van der Waals surface area contributed by atoms with E-state index in [9.17, 15) is 44.7 Å². The van der Waals surface area contributed by atoms with Crippen molar-refractivity contribution in [2.24, 2.45) is 0 Å². The summed E-state index contributed by atoms with van der Waals surface area (Å²) in [6, 6.07) is 3.42. The van der Waals surface area contributed by atoms with Crippen molar-refractivity contribution in [1.82, 2.24) is 10.6 Å². The number of carbonyl (C=O) groups is 2. The number of nitrogens with one attached hydrogen (secondary N) is 2. The van der Waals surface area contributed by atoms with Crippen molar-refractivity contribution < 1.29 is 49.1 Å². The first-order valence-corrected chi connectivity index (χ1v) is 12.1. The maximum absolute atomic E-state index is 15.2. The van der Waals surface area contributed by atoms with Crippen molar-refractivity contribution in [3.05, 3.63) is 73.7 Å². The predicted molar refractivity (Wildman–Crippen MR) is 131 cm³/mol. The molecule has 2 amide bonds. The van der Waals surface area contributed by atoms with Gasteiger partial charge in [-0.2, -0.15) is 26.3 Å². The van der Waals surface area contributed by atoms with Crippen LogP contribution in [0.5, 0.6) is 0 Å². The third-order valence-electron chi connectivity index (χ3n) is 5.35. The van der Waals surface area contributed by atoms with E-state index in [1.165, 1.54) is 5.32 Å². The van der Waals surface area contributed by atoms with Gasteiger partial charge in [-0.3, -0.25) is 9.59 Å². The van der Waals surface area contributed by atoms with E-state index in [0.717, 1.165) is 19.1 Å². The first kappa shape index (κ1) is 33.6. The number of allylic oxidation sites excluding steroid dienone is 1. The van der Waals surface area contributed by atoms with Gasteiger partial charge in [0.1, 0.15) is 12.4 Å². The van der Waals surface area contributed by atoms with Gasteiger partial charge in [-0.25, -0.2) is 13.2 Å². The maximum atomic E-state index is 15.2.